The van der Waals surface area contributed by atoms with Gasteiger partial charge in [-0.2, -0.15) is 0 Å². The molecule has 5 rings (SSSR count). The van der Waals surface area contributed by atoms with Crippen LogP contribution in [0, 0.1) is 0 Å². The standard InChI is InChI=1S/C32H27BrN2O7S/c1-5-41-31(38)26-27(20-9-7-6-8-10-20)34-32-35(28(26)21-11-13-22(39-3)14-12-21)30(37)25(43-32)17-19-15-23(33)29(42-18(2)36)24(16-19)40-4/h6-17,28H,5H2,1-4H3/b25-17-/t28-/m0/s1. The summed E-state index contributed by atoms with van der Waals surface area (Å²) in [5.41, 5.74) is 2.39. The number of benzene rings is 3. The minimum Gasteiger partial charge on any atom is -0.497 e. The van der Waals surface area contributed by atoms with Crippen LogP contribution in [0.25, 0.3) is 11.8 Å². The molecule has 0 bridgehead atoms. The number of hydrogen-bond donors (Lipinski definition) is 0. The van der Waals surface area contributed by atoms with Gasteiger partial charge >= 0.3 is 11.9 Å². The Balaban J connectivity index is 1.78. The quantitative estimate of drug-likeness (QED) is 0.200. The first-order chi connectivity index (χ1) is 20.7. The summed E-state index contributed by atoms with van der Waals surface area (Å²) >= 11 is 4.63. The van der Waals surface area contributed by atoms with Gasteiger partial charge in [0.2, 0.25) is 0 Å². The first-order valence-corrected chi connectivity index (χ1v) is 14.8. The number of thiazole rings is 1. The van der Waals surface area contributed by atoms with E-state index in [1.165, 1.54) is 29.9 Å². The van der Waals surface area contributed by atoms with E-state index >= 15 is 0 Å². The van der Waals surface area contributed by atoms with Crippen molar-refractivity contribution in [3.05, 3.63) is 113 Å². The van der Waals surface area contributed by atoms with Gasteiger partial charge in [0.25, 0.3) is 5.56 Å². The highest BCUT2D eigenvalue weighted by Crippen LogP contribution is 2.38. The van der Waals surface area contributed by atoms with Crippen molar-refractivity contribution in [3.63, 3.8) is 0 Å². The van der Waals surface area contributed by atoms with Crippen molar-refractivity contribution in [2.45, 2.75) is 19.9 Å². The molecule has 0 fully saturated rings. The van der Waals surface area contributed by atoms with E-state index in [1.54, 1.807) is 44.4 Å². The topological polar surface area (TPSA) is 105 Å². The first-order valence-electron chi connectivity index (χ1n) is 13.2. The smallest absolute Gasteiger partial charge is 0.338 e. The minimum absolute atomic E-state index is 0.157. The molecule has 43 heavy (non-hydrogen) atoms. The summed E-state index contributed by atoms with van der Waals surface area (Å²) < 4.78 is 24.0. The summed E-state index contributed by atoms with van der Waals surface area (Å²) in [5, 5.41) is 0. The summed E-state index contributed by atoms with van der Waals surface area (Å²) in [7, 11) is 3.03. The lowest BCUT2D eigenvalue weighted by Crippen LogP contribution is -2.40. The van der Waals surface area contributed by atoms with Crippen molar-refractivity contribution >= 4 is 51.0 Å². The number of aromatic nitrogens is 1. The number of hydrogen-bond acceptors (Lipinski definition) is 9. The van der Waals surface area contributed by atoms with Gasteiger partial charge in [0, 0.05) is 12.5 Å². The summed E-state index contributed by atoms with van der Waals surface area (Å²) in [6.45, 7) is 3.19. The first kappa shape index (κ1) is 30.0. The Morgan fingerprint density at radius 2 is 1.77 bits per heavy atom. The number of methoxy groups -OCH3 is 2. The monoisotopic (exact) mass is 662 g/mol. The van der Waals surface area contributed by atoms with E-state index in [4.69, 9.17) is 23.9 Å². The fourth-order valence-corrected chi connectivity index (χ4v) is 6.30. The molecule has 3 aromatic carbocycles. The number of fused-ring (bicyclic) bond motifs is 1. The lowest BCUT2D eigenvalue weighted by atomic mass is 9.93. The third kappa shape index (κ3) is 6.04. The molecule has 11 heteroatoms. The van der Waals surface area contributed by atoms with Crippen molar-refractivity contribution in [3.8, 4) is 17.2 Å². The second kappa shape index (κ2) is 12.8. The van der Waals surface area contributed by atoms with E-state index in [0.717, 1.165) is 5.56 Å². The molecule has 9 nitrogen and oxygen atoms in total. The summed E-state index contributed by atoms with van der Waals surface area (Å²) in [4.78, 5) is 44.6. The summed E-state index contributed by atoms with van der Waals surface area (Å²) in [6.07, 6.45) is 1.70. The molecule has 1 aliphatic rings. The number of carbonyl (C=O) groups excluding carboxylic acids is 2. The minimum atomic E-state index is -0.814. The maximum atomic E-state index is 14.1. The van der Waals surface area contributed by atoms with Crippen LogP contribution < -0.4 is 29.1 Å². The Hall–Kier alpha value is -4.48. The maximum Gasteiger partial charge on any atom is 0.338 e. The molecule has 220 valence electrons. The molecule has 1 aliphatic heterocycles. The second-order valence-corrected chi connectivity index (χ2v) is 11.2. The van der Waals surface area contributed by atoms with Crippen molar-refractivity contribution in [2.24, 2.45) is 4.99 Å². The lowest BCUT2D eigenvalue weighted by molar-refractivity contribution is -0.139. The van der Waals surface area contributed by atoms with Gasteiger partial charge in [-0.05, 0) is 64.3 Å². The average Bonchev–Trinajstić information content (AvgIpc) is 3.32. The van der Waals surface area contributed by atoms with Gasteiger partial charge < -0.3 is 18.9 Å². The van der Waals surface area contributed by atoms with Gasteiger partial charge in [0.05, 0.1) is 47.1 Å². The zero-order valence-electron chi connectivity index (χ0n) is 23.8. The van der Waals surface area contributed by atoms with E-state index in [-0.39, 0.29) is 23.5 Å². The highest BCUT2D eigenvalue weighted by molar-refractivity contribution is 9.10. The van der Waals surface area contributed by atoms with Gasteiger partial charge in [0.1, 0.15) is 5.75 Å². The number of nitrogens with zero attached hydrogens (tertiary/aromatic N) is 2. The molecule has 0 spiro atoms. The molecule has 1 atom stereocenters. The van der Waals surface area contributed by atoms with Crippen LogP contribution in [0.4, 0.5) is 0 Å². The SMILES string of the molecule is CCOC(=O)C1=C(c2ccccc2)N=c2s/c(=C\c3cc(Br)c(OC(C)=O)c(OC)c3)c(=O)n2[C@H]1c1ccc(OC)cc1. The Morgan fingerprint density at radius 1 is 1.05 bits per heavy atom. The fourth-order valence-electron chi connectivity index (χ4n) is 4.76. The van der Waals surface area contributed by atoms with E-state index in [9.17, 15) is 14.4 Å². The molecule has 1 aromatic heterocycles. The molecule has 4 aromatic rings. The molecule has 0 aliphatic carbocycles. The van der Waals surface area contributed by atoms with Crippen LogP contribution in [0.2, 0.25) is 0 Å². The fraction of sp³-hybridized carbons (Fsp3) is 0.188. The summed E-state index contributed by atoms with van der Waals surface area (Å²) in [5.74, 6) is 0.133. The highest BCUT2D eigenvalue weighted by atomic mass is 79.9. The van der Waals surface area contributed by atoms with Crippen LogP contribution in [-0.4, -0.2) is 37.3 Å². The Bertz CT molecular complexity index is 1910. The van der Waals surface area contributed by atoms with Gasteiger partial charge in [-0.25, -0.2) is 9.79 Å². The number of ether oxygens (including phenoxy) is 4. The third-order valence-corrected chi connectivity index (χ3v) is 8.17. The van der Waals surface area contributed by atoms with E-state index in [2.05, 4.69) is 15.9 Å². The number of carbonyl (C=O) groups is 2. The molecule has 0 saturated carbocycles. The Morgan fingerprint density at radius 3 is 2.40 bits per heavy atom. The zero-order valence-corrected chi connectivity index (χ0v) is 26.2. The molecule has 2 heterocycles. The van der Waals surface area contributed by atoms with Crippen molar-refractivity contribution in [1.29, 1.82) is 0 Å². The molecule has 0 amide bonds. The largest absolute Gasteiger partial charge is 0.497 e. The molecule has 0 N–H and O–H groups in total. The molecular weight excluding hydrogens is 636 g/mol. The van der Waals surface area contributed by atoms with Crippen LogP contribution in [0.5, 0.6) is 17.2 Å². The molecule has 0 radical (unpaired) electrons. The zero-order chi connectivity index (χ0) is 30.7. The van der Waals surface area contributed by atoms with Crippen LogP contribution >= 0.6 is 27.3 Å². The Kier molecular flexibility index (Phi) is 8.93. The van der Waals surface area contributed by atoms with E-state index in [1.807, 2.05) is 42.5 Å². The third-order valence-electron chi connectivity index (χ3n) is 6.60. The molecular formula is C32H27BrN2O7S. The van der Waals surface area contributed by atoms with Crippen LogP contribution in [-0.2, 0) is 14.3 Å². The predicted molar refractivity (Wildman–Crippen MR) is 166 cm³/mol. The second-order valence-electron chi connectivity index (χ2n) is 9.33. The van der Waals surface area contributed by atoms with Crippen molar-refractivity contribution in [2.75, 3.05) is 20.8 Å². The predicted octanol–water partition coefficient (Wildman–Crippen LogP) is 4.64. The van der Waals surface area contributed by atoms with Crippen LogP contribution in [0.1, 0.15) is 36.6 Å². The number of esters is 2. The average molecular weight is 664 g/mol. The van der Waals surface area contributed by atoms with Crippen LogP contribution in [0.3, 0.4) is 0 Å². The number of rotatable bonds is 8. The van der Waals surface area contributed by atoms with Crippen molar-refractivity contribution in [1.82, 2.24) is 4.57 Å². The van der Waals surface area contributed by atoms with Gasteiger partial charge in [-0.15, -0.1) is 0 Å². The maximum absolute atomic E-state index is 14.1. The normalized spacial score (nSPS) is 14.5. The van der Waals surface area contributed by atoms with Gasteiger partial charge in [-0.1, -0.05) is 53.8 Å². The van der Waals surface area contributed by atoms with E-state index < -0.39 is 18.0 Å². The molecule has 0 saturated heterocycles. The molecule has 0 unspecified atom stereocenters. The lowest BCUT2D eigenvalue weighted by Gasteiger charge is -2.26. The van der Waals surface area contributed by atoms with Crippen LogP contribution in [0.15, 0.2) is 86.6 Å². The Labute approximate surface area is 259 Å². The van der Waals surface area contributed by atoms with Crippen molar-refractivity contribution < 1.29 is 28.5 Å². The van der Waals surface area contributed by atoms with Gasteiger partial charge in [-0.3, -0.25) is 14.2 Å². The highest BCUT2D eigenvalue weighted by Gasteiger charge is 2.35. The van der Waals surface area contributed by atoms with Gasteiger partial charge in [0.15, 0.2) is 16.3 Å². The number of halogens is 1. The summed E-state index contributed by atoms with van der Waals surface area (Å²) in [6, 6.07) is 19.1. The van der Waals surface area contributed by atoms with E-state index in [0.29, 0.717) is 42.1 Å².